The average molecular weight is 305 g/mol. The molecule has 0 aliphatic carbocycles. The Morgan fingerprint density at radius 2 is 2.05 bits per heavy atom. The summed E-state index contributed by atoms with van der Waals surface area (Å²) in [6.07, 6.45) is 0. The van der Waals surface area contributed by atoms with E-state index >= 15 is 0 Å². The highest BCUT2D eigenvalue weighted by Crippen LogP contribution is 2.30. The number of carbonyl (C=O) groups is 1. The summed E-state index contributed by atoms with van der Waals surface area (Å²) in [4.78, 5) is 19.9. The quantitative estimate of drug-likeness (QED) is 0.588. The number of amides is 1. The van der Waals surface area contributed by atoms with Crippen LogP contribution in [0.3, 0.4) is 0 Å². The van der Waals surface area contributed by atoms with Crippen molar-refractivity contribution in [3.8, 4) is 0 Å². The van der Waals surface area contributed by atoms with E-state index in [0.29, 0.717) is 0 Å². The zero-order valence-corrected chi connectivity index (χ0v) is 11.5. The van der Waals surface area contributed by atoms with Crippen molar-refractivity contribution < 1.29 is 22.5 Å². The first-order valence-electron chi connectivity index (χ1n) is 5.30. The van der Waals surface area contributed by atoms with Gasteiger partial charge in [0.1, 0.15) is 0 Å². The van der Waals surface area contributed by atoms with Crippen LogP contribution in [0.15, 0.2) is 11.0 Å². The Balaban J connectivity index is 3.49. The van der Waals surface area contributed by atoms with Crippen LogP contribution in [0.1, 0.15) is 11.1 Å². The molecule has 8 nitrogen and oxygen atoms in total. The second-order valence-electron chi connectivity index (χ2n) is 4.03. The lowest BCUT2D eigenvalue weighted by Crippen LogP contribution is -2.34. The Bertz CT molecular complexity index is 687. The molecule has 0 radical (unpaired) electrons. The minimum absolute atomic E-state index is 0.0115. The predicted octanol–water partition coefficient (Wildman–Crippen LogP) is 0.114. The maximum absolute atomic E-state index is 13.5. The van der Waals surface area contributed by atoms with Crippen LogP contribution in [0.5, 0.6) is 0 Å². The SMILES string of the molecule is Cc1cc(F)c([N+](=O)[O-])c(C)c1S(=O)(=O)NCC(N)=O. The van der Waals surface area contributed by atoms with E-state index in [1.807, 2.05) is 4.72 Å². The average Bonchev–Trinajstić information content (AvgIpc) is 2.24. The van der Waals surface area contributed by atoms with Crippen molar-refractivity contribution in [2.45, 2.75) is 18.7 Å². The van der Waals surface area contributed by atoms with Crippen LogP contribution in [-0.4, -0.2) is 25.8 Å². The molecular formula is C10H12FN3O5S. The third-order valence-corrected chi connectivity index (χ3v) is 4.20. The zero-order valence-electron chi connectivity index (χ0n) is 10.6. The largest absolute Gasteiger partial charge is 0.369 e. The van der Waals surface area contributed by atoms with Gasteiger partial charge in [0.25, 0.3) is 0 Å². The van der Waals surface area contributed by atoms with Crippen LogP contribution in [-0.2, 0) is 14.8 Å². The fraction of sp³-hybridized carbons (Fsp3) is 0.300. The van der Waals surface area contributed by atoms with Gasteiger partial charge in [0.15, 0.2) is 0 Å². The number of sulfonamides is 1. The Morgan fingerprint density at radius 1 is 1.50 bits per heavy atom. The molecule has 0 atom stereocenters. The van der Waals surface area contributed by atoms with E-state index in [0.717, 1.165) is 13.0 Å². The number of nitro groups is 1. The van der Waals surface area contributed by atoms with E-state index in [-0.39, 0.29) is 11.1 Å². The van der Waals surface area contributed by atoms with Gasteiger partial charge in [0.05, 0.1) is 21.9 Å². The van der Waals surface area contributed by atoms with E-state index < -0.39 is 43.8 Å². The van der Waals surface area contributed by atoms with Crippen molar-refractivity contribution in [3.05, 3.63) is 33.1 Å². The molecule has 20 heavy (non-hydrogen) atoms. The third-order valence-electron chi connectivity index (χ3n) is 2.51. The van der Waals surface area contributed by atoms with E-state index in [2.05, 4.69) is 0 Å². The molecular weight excluding hydrogens is 293 g/mol. The Morgan fingerprint density at radius 3 is 2.50 bits per heavy atom. The molecule has 1 rings (SSSR count). The first-order valence-corrected chi connectivity index (χ1v) is 6.78. The van der Waals surface area contributed by atoms with Crippen molar-refractivity contribution in [2.75, 3.05) is 6.54 Å². The Hall–Kier alpha value is -2.07. The van der Waals surface area contributed by atoms with E-state index in [4.69, 9.17) is 5.73 Å². The summed E-state index contributed by atoms with van der Waals surface area (Å²) < 4.78 is 39.4. The molecule has 1 aromatic carbocycles. The van der Waals surface area contributed by atoms with Gasteiger partial charge in [-0.15, -0.1) is 0 Å². The van der Waals surface area contributed by atoms with Gasteiger partial charge in [-0.1, -0.05) is 0 Å². The molecule has 0 aliphatic rings. The van der Waals surface area contributed by atoms with E-state index in [1.54, 1.807) is 0 Å². The molecule has 0 fully saturated rings. The summed E-state index contributed by atoms with van der Waals surface area (Å²) in [6.45, 7) is 1.75. The molecule has 1 amide bonds. The molecule has 3 N–H and O–H groups in total. The molecule has 0 spiro atoms. The number of primary amides is 1. The number of halogens is 1. The highest BCUT2D eigenvalue weighted by Gasteiger charge is 2.29. The maximum atomic E-state index is 13.5. The smallest absolute Gasteiger partial charge is 0.309 e. The number of rotatable bonds is 5. The van der Waals surface area contributed by atoms with Crippen molar-refractivity contribution in [3.63, 3.8) is 0 Å². The number of hydrogen-bond acceptors (Lipinski definition) is 5. The van der Waals surface area contributed by atoms with Crippen LogP contribution < -0.4 is 10.5 Å². The molecule has 0 saturated carbocycles. The topological polar surface area (TPSA) is 132 Å². The number of carbonyl (C=O) groups excluding carboxylic acids is 1. The predicted molar refractivity (Wildman–Crippen MR) is 66.9 cm³/mol. The van der Waals surface area contributed by atoms with E-state index in [9.17, 15) is 27.7 Å². The summed E-state index contributed by atoms with van der Waals surface area (Å²) in [5.74, 6) is -2.04. The number of nitrogens with two attached hydrogens (primary N) is 1. The molecule has 110 valence electrons. The second kappa shape index (κ2) is 5.51. The van der Waals surface area contributed by atoms with Crippen LogP contribution in [0, 0.1) is 29.8 Å². The molecule has 0 heterocycles. The fourth-order valence-corrected chi connectivity index (χ4v) is 3.24. The van der Waals surface area contributed by atoms with Gasteiger partial charge < -0.3 is 5.73 Å². The number of aryl methyl sites for hydroxylation is 1. The monoisotopic (exact) mass is 305 g/mol. The van der Waals surface area contributed by atoms with E-state index in [1.165, 1.54) is 6.92 Å². The molecule has 0 bridgehead atoms. The fourth-order valence-electron chi connectivity index (χ4n) is 1.78. The first kappa shape index (κ1) is 16.0. The molecule has 0 aliphatic heterocycles. The Kier molecular flexibility index (Phi) is 4.40. The van der Waals surface area contributed by atoms with Gasteiger partial charge in [-0.2, -0.15) is 4.39 Å². The van der Waals surface area contributed by atoms with Gasteiger partial charge in [-0.25, -0.2) is 13.1 Å². The van der Waals surface area contributed by atoms with Crippen molar-refractivity contribution in [1.82, 2.24) is 4.72 Å². The summed E-state index contributed by atoms with van der Waals surface area (Å²) in [5.41, 5.74) is 3.55. The van der Waals surface area contributed by atoms with Gasteiger partial charge >= 0.3 is 5.69 Å². The number of nitrogens with one attached hydrogen (secondary N) is 1. The number of nitro benzene ring substituents is 1. The number of benzene rings is 1. The summed E-state index contributed by atoms with van der Waals surface area (Å²) in [5, 5.41) is 10.8. The minimum Gasteiger partial charge on any atom is -0.369 e. The van der Waals surface area contributed by atoms with Crippen LogP contribution >= 0.6 is 0 Å². The molecule has 0 saturated heterocycles. The number of nitrogens with zero attached hydrogens (tertiary/aromatic N) is 1. The summed E-state index contributed by atoms with van der Waals surface area (Å²) in [6, 6.07) is 0.754. The highest BCUT2D eigenvalue weighted by molar-refractivity contribution is 7.89. The van der Waals surface area contributed by atoms with Crippen LogP contribution in [0.2, 0.25) is 0 Å². The van der Waals surface area contributed by atoms with Crippen molar-refractivity contribution in [2.24, 2.45) is 5.73 Å². The summed E-state index contributed by atoms with van der Waals surface area (Å²) in [7, 11) is -4.21. The summed E-state index contributed by atoms with van der Waals surface area (Å²) >= 11 is 0. The minimum atomic E-state index is -4.21. The highest BCUT2D eigenvalue weighted by atomic mass is 32.2. The molecule has 1 aromatic rings. The Labute approximate surface area is 114 Å². The zero-order chi connectivity index (χ0) is 15.7. The lowest BCUT2D eigenvalue weighted by Gasteiger charge is -2.12. The number of hydrogen-bond donors (Lipinski definition) is 2. The van der Waals surface area contributed by atoms with Crippen molar-refractivity contribution >= 4 is 21.6 Å². The first-order chi connectivity index (χ1) is 9.08. The second-order valence-corrected chi connectivity index (χ2v) is 5.73. The van der Waals surface area contributed by atoms with Gasteiger partial charge in [0.2, 0.25) is 21.7 Å². The van der Waals surface area contributed by atoms with Crippen LogP contribution in [0.4, 0.5) is 10.1 Å². The van der Waals surface area contributed by atoms with Crippen molar-refractivity contribution in [1.29, 1.82) is 0 Å². The standard InChI is InChI=1S/C10H12FN3O5S/c1-5-3-7(11)9(14(16)17)6(2)10(5)20(18,19)13-4-8(12)15/h3,13H,4H2,1-2H3,(H2,12,15). The normalized spacial score (nSPS) is 11.3. The lowest BCUT2D eigenvalue weighted by atomic mass is 10.1. The third kappa shape index (κ3) is 3.08. The van der Waals surface area contributed by atoms with Gasteiger partial charge in [0, 0.05) is 0 Å². The van der Waals surface area contributed by atoms with Crippen LogP contribution in [0.25, 0.3) is 0 Å². The maximum Gasteiger partial charge on any atom is 0.309 e. The van der Waals surface area contributed by atoms with Gasteiger partial charge in [-0.3, -0.25) is 14.9 Å². The lowest BCUT2D eigenvalue weighted by molar-refractivity contribution is -0.388. The molecule has 0 unspecified atom stereocenters. The van der Waals surface area contributed by atoms with Gasteiger partial charge in [-0.05, 0) is 25.5 Å². The molecule has 10 heteroatoms. The molecule has 0 aromatic heterocycles.